The Hall–Kier alpha value is -2.24. The van der Waals surface area contributed by atoms with Crippen molar-refractivity contribution < 1.29 is 4.79 Å². The van der Waals surface area contributed by atoms with E-state index < -0.39 is 0 Å². The first kappa shape index (κ1) is 13.7. The monoisotopic (exact) mass is 318 g/mol. The normalized spacial score (nSPS) is 10.6. The lowest BCUT2D eigenvalue weighted by molar-refractivity contribution is 0.102. The minimum atomic E-state index is -0.370. The molecule has 0 amide bonds. The van der Waals surface area contributed by atoms with Crippen LogP contribution in [0.4, 0.5) is 0 Å². The quantitative estimate of drug-likeness (QED) is 0.696. The predicted molar refractivity (Wildman–Crippen MR) is 79.0 cm³/mol. The maximum absolute atomic E-state index is 12.5. The van der Waals surface area contributed by atoms with Crippen LogP contribution >= 0.6 is 23.2 Å². The summed E-state index contributed by atoms with van der Waals surface area (Å²) in [6, 6.07) is 10.7. The molecule has 0 radical (unpaired) electrons. The van der Waals surface area contributed by atoms with Crippen molar-refractivity contribution in [2.24, 2.45) is 0 Å². The number of hydrogen-bond donors (Lipinski definition) is 0. The molecule has 0 spiro atoms. The van der Waals surface area contributed by atoms with Crippen LogP contribution in [0.5, 0.6) is 0 Å². The number of carbonyl (C=O) groups excluding carboxylic acids is 1. The molecule has 2 aromatic heterocycles. The summed E-state index contributed by atoms with van der Waals surface area (Å²) in [6.07, 6.45) is 2.75. The van der Waals surface area contributed by atoms with Crippen LogP contribution in [0, 0.1) is 0 Å². The molecule has 0 saturated carbocycles. The first-order valence-electron chi connectivity index (χ1n) is 5.98. The molecule has 0 N–H and O–H groups in total. The Kier molecular flexibility index (Phi) is 3.68. The van der Waals surface area contributed by atoms with E-state index in [0.717, 1.165) is 5.69 Å². The van der Waals surface area contributed by atoms with Gasteiger partial charge >= 0.3 is 0 Å². The highest BCUT2D eigenvalue weighted by Gasteiger charge is 2.20. The number of hydrogen-bond acceptors (Lipinski definition) is 4. The molecule has 0 bridgehead atoms. The van der Waals surface area contributed by atoms with Crippen molar-refractivity contribution in [1.82, 2.24) is 20.0 Å². The second-order valence-electron chi connectivity index (χ2n) is 4.18. The molecular weight excluding hydrogens is 311 g/mol. The number of para-hydroxylation sites is 1. The highest BCUT2D eigenvalue weighted by molar-refractivity contribution is 6.37. The van der Waals surface area contributed by atoms with Gasteiger partial charge in [-0.1, -0.05) is 46.6 Å². The minimum Gasteiger partial charge on any atom is -0.285 e. The molecule has 7 heteroatoms. The summed E-state index contributed by atoms with van der Waals surface area (Å²) < 4.78 is 1.44. The smallest absolute Gasteiger partial charge is 0.232 e. The lowest BCUT2D eigenvalue weighted by Gasteiger charge is -2.06. The van der Waals surface area contributed by atoms with Gasteiger partial charge in [0.2, 0.25) is 5.78 Å². The van der Waals surface area contributed by atoms with Crippen molar-refractivity contribution in [2.45, 2.75) is 0 Å². The topological polar surface area (TPSA) is 60.7 Å². The van der Waals surface area contributed by atoms with E-state index >= 15 is 0 Å². The van der Waals surface area contributed by atoms with Gasteiger partial charge in [0.1, 0.15) is 11.4 Å². The number of halogens is 2. The molecule has 0 aliphatic rings. The molecule has 0 aliphatic carbocycles. The van der Waals surface area contributed by atoms with Crippen molar-refractivity contribution in [1.29, 1.82) is 0 Å². The molecule has 3 aromatic rings. The summed E-state index contributed by atoms with van der Waals surface area (Å²) >= 11 is 11.8. The minimum absolute atomic E-state index is 0.112. The van der Waals surface area contributed by atoms with Crippen molar-refractivity contribution in [3.63, 3.8) is 0 Å². The number of aromatic nitrogens is 4. The van der Waals surface area contributed by atoms with E-state index in [2.05, 4.69) is 15.3 Å². The molecule has 104 valence electrons. The van der Waals surface area contributed by atoms with E-state index in [4.69, 9.17) is 23.2 Å². The predicted octanol–water partition coefficient (Wildman–Crippen LogP) is 3.20. The second kappa shape index (κ2) is 5.63. The number of rotatable bonds is 3. The van der Waals surface area contributed by atoms with Crippen molar-refractivity contribution in [2.75, 3.05) is 0 Å². The molecule has 0 atom stereocenters. The van der Waals surface area contributed by atoms with E-state index in [0.29, 0.717) is 5.02 Å². The fourth-order valence-electron chi connectivity index (χ4n) is 1.85. The summed E-state index contributed by atoms with van der Waals surface area (Å²) in [4.78, 5) is 16.5. The SMILES string of the molecule is O=C(c1ncc(Cl)cc1Cl)c1cnnn1-c1ccccc1. The third kappa shape index (κ3) is 2.66. The first-order chi connectivity index (χ1) is 10.2. The number of carbonyl (C=O) groups is 1. The average molecular weight is 319 g/mol. The van der Waals surface area contributed by atoms with Crippen molar-refractivity contribution in [3.05, 3.63) is 70.2 Å². The Morgan fingerprint density at radius 3 is 2.57 bits per heavy atom. The average Bonchev–Trinajstić information content (AvgIpc) is 2.97. The maximum Gasteiger partial charge on any atom is 0.232 e. The van der Waals surface area contributed by atoms with Crippen molar-refractivity contribution >= 4 is 29.0 Å². The first-order valence-corrected chi connectivity index (χ1v) is 6.74. The van der Waals surface area contributed by atoms with Crippen molar-refractivity contribution in [3.8, 4) is 5.69 Å². The Morgan fingerprint density at radius 1 is 1.10 bits per heavy atom. The fraction of sp³-hybridized carbons (Fsp3) is 0. The van der Waals surface area contributed by atoms with Crippen LogP contribution in [-0.2, 0) is 0 Å². The maximum atomic E-state index is 12.5. The number of pyridine rings is 1. The molecular formula is C14H8Cl2N4O. The third-order valence-corrected chi connectivity index (χ3v) is 3.30. The number of benzene rings is 1. The lowest BCUT2D eigenvalue weighted by Crippen LogP contribution is -2.12. The molecule has 21 heavy (non-hydrogen) atoms. The zero-order valence-corrected chi connectivity index (χ0v) is 12.1. The Balaban J connectivity index is 2.06. The summed E-state index contributed by atoms with van der Waals surface area (Å²) in [5, 5.41) is 8.27. The molecule has 3 rings (SSSR count). The van der Waals surface area contributed by atoms with E-state index in [1.54, 1.807) is 0 Å². The largest absolute Gasteiger partial charge is 0.285 e. The van der Waals surface area contributed by atoms with Gasteiger partial charge in [-0.25, -0.2) is 9.67 Å². The van der Waals surface area contributed by atoms with Gasteiger partial charge in [0.15, 0.2) is 0 Å². The van der Waals surface area contributed by atoms with E-state index in [9.17, 15) is 4.79 Å². The van der Waals surface area contributed by atoms with Gasteiger partial charge in [-0.2, -0.15) is 0 Å². The number of ketones is 1. The van der Waals surface area contributed by atoms with Gasteiger partial charge in [0.05, 0.1) is 21.9 Å². The van der Waals surface area contributed by atoms with E-state index in [1.807, 2.05) is 30.3 Å². The summed E-state index contributed by atoms with van der Waals surface area (Å²) in [7, 11) is 0. The molecule has 0 aliphatic heterocycles. The molecule has 0 fully saturated rings. The van der Waals surface area contributed by atoms with Crippen LogP contribution in [0.15, 0.2) is 48.8 Å². The third-order valence-electron chi connectivity index (χ3n) is 2.81. The number of nitrogens with zero attached hydrogens (tertiary/aromatic N) is 4. The van der Waals surface area contributed by atoms with Crippen LogP contribution in [0.1, 0.15) is 16.2 Å². The second-order valence-corrected chi connectivity index (χ2v) is 5.02. The highest BCUT2D eigenvalue weighted by atomic mass is 35.5. The van der Waals surface area contributed by atoms with Crippen LogP contribution in [0.25, 0.3) is 5.69 Å². The van der Waals surface area contributed by atoms with Gasteiger partial charge < -0.3 is 0 Å². The summed E-state index contributed by atoms with van der Waals surface area (Å²) in [5.41, 5.74) is 1.11. The Labute approximate surface area is 130 Å². The van der Waals surface area contributed by atoms with Gasteiger partial charge in [0.25, 0.3) is 0 Å². The summed E-state index contributed by atoms with van der Waals surface area (Å²) in [5.74, 6) is -0.370. The Morgan fingerprint density at radius 2 is 1.86 bits per heavy atom. The summed E-state index contributed by atoms with van der Waals surface area (Å²) in [6.45, 7) is 0. The van der Waals surface area contributed by atoms with E-state index in [-0.39, 0.29) is 22.2 Å². The molecule has 5 nitrogen and oxygen atoms in total. The molecule has 2 heterocycles. The van der Waals surface area contributed by atoms with Gasteiger partial charge in [-0.3, -0.25) is 4.79 Å². The standard InChI is InChI=1S/C14H8Cl2N4O/c15-9-6-11(16)13(17-7-9)14(21)12-8-18-19-20(12)10-4-2-1-3-5-10/h1-8H. The highest BCUT2D eigenvalue weighted by Crippen LogP contribution is 2.21. The van der Waals surface area contributed by atoms with Crippen LogP contribution < -0.4 is 0 Å². The zero-order valence-electron chi connectivity index (χ0n) is 10.6. The molecule has 0 unspecified atom stereocenters. The van der Waals surface area contributed by atoms with Gasteiger partial charge in [-0.15, -0.1) is 5.10 Å². The van der Waals surface area contributed by atoms with Gasteiger partial charge in [-0.05, 0) is 18.2 Å². The Bertz CT molecular complexity index is 802. The lowest BCUT2D eigenvalue weighted by atomic mass is 10.2. The zero-order chi connectivity index (χ0) is 14.8. The van der Waals surface area contributed by atoms with Crippen LogP contribution in [0.2, 0.25) is 10.0 Å². The fourth-order valence-corrected chi connectivity index (χ4v) is 2.32. The van der Waals surface area contributed by atoms with Crippen LogP contribution in [-0.4, -0.2) is 25.8 Å². The van der Waals surface area contributed by atoms with Gasteiger partial charge in [0, 0.05) is 6.20 Å². The van der Waals surface area contributed by atoms with E-state index in [1.165, 1.54) is 23.1 Å². The molecule has 1 aromatic carbocycles. The van der Waals surface area contributed by atoms with Crippen LogP contribution in [0.3, 0.4) is 0 Å². The molecule has 0 saturated heterocycles.